The fourth-order valence-corrected chi connectivity index (χ4v) is 12.9. The molecule has 18 nitrogen and oxygen atoms in total. The van der Waals surface area contributed by atoms with Gasteiger partial charge in [-0.05, 0) is 154 Å². The van der Waals surface area contributed by atoms with Crippen LogP contribution in [0.2, 0.25) is 0 Å². The van der Waals surface area contributed by atoms with Gasteiger partial charge in [0.2, 0.25) is 11.8 Å². The molecule has 3 fully saturated rings. The summed E-state index contributed by atoms with van der Waals surface area (Å²) in [5.41, 5.74) is 5.21. The Bertz CT molecular complexity index is 2980. The fourth-order valence-electron chi connectivity index (χ4n) is 11.6. The second kappa shape index (κ2) is 24.2. The molecule has 0 unspecified atom stereocenters. The Morgan fingerprint density at radius 3 is 2.40 bits per heavy atom. The number of carbonyl (C=O) groups excluding carboxylic acids is 3. The van der Waals surface area contributed by atoms with E-state index in [-0.39, 0.29) is 52.9 Å². The molecular formula is C58H80N12O6S. The van der Waals surface area contributed by atoms with E-state index in [9.17, 15) is 22.8 Å². The molecule has 1 saturated carbocycles. The van der Waals surface area contributed by atoms with Crippen molar-refractivity contribution in [3.63, 3.8) is 0 Å². The van der Waals surface area contributed by atoms with E-state index < -0.39 is 32.7 Å². The Morgan fingerprint density at radius 2 is 1.69 bits per heavy atom. The predicted octanol–water partition coefficient (Wildman–Crippen LogP) is 7.80. The molecule has 0 spiro atoms. The van der Waals surface area contributed by atoms with Gasteiger partial charge in [-0.1, -0.05) is 43.5 Å². The zero-order chi connectivity index (χ0) is 54.4. The molecule has 77 heavy (non-hydrogen) atoms. The Balaban J connectivity index is 0.803. The van der Waals surface area contributed by atoms with Gasteiger partial charge in [0.1, 0.15) is 34.6 Å². The van der Waals surface area contributed by atoms with E-state index in [1.807, 2.05) is 39.1 Å². The number of carbonyl (C=O) groups is 3. The van der Waals surface area contributed by atoms with Gasteiger partial charge in [-0.2, -0.15) is 5.10 Å². The van der Waals surface area contributed by atoms with E-state index in [1.54, 1.807) is 50.1 Å². The first kappa shape index (κ1) is 55.6. The molecule has 6 N–H and O–H groups in total. The van der Waals surface area contributed by atoms with Gasteiger partial charge in [-0.15, -0.1) is 0 Å². The molecule has 2 saturated heterocycles. The number of amides is 3. The van der Waals surface area contributed by atoms with Crippen LogP contribution < -0.4 is 36.2 Å². The Kier molecular flexibility index (Phi) is 17.5. The molecule has 5 heterocycles. The third-order valence-electron chi connectivity index (χ3n) is 16.7. The van der Waals surface area contributed by atoms with Gasteiger partial charge in [0.25, 0.3) is 5.91 Å². The summed E-state index contributed by atoms with van der Waals surface area (Å²) in [6, 6.07) is 13.8. The van der Waals surface area contributed by atoms with Crippen LogP contribution in [0.5, 0.6) is 5.75 Å². The highest BCUT2D eigenvalue weighted by Crippen LogP contribution is 2.38. The number of sulfone groups is 1. The number of hydrogen-bond donors (Lipinski definition) is 6. The maximum absolute atomic E-state index is 14.8. The number of H-pyrrole nitrogens is 1. The Labute approximate surface area is 454 Å². The minimum atomic E-state index is -3.82. The normalized spacial score (nSPS) is 20.4. The van der Waals surface area contributed by atoms with Crippen molar-refractivity contribution in [1.82, 2.24) is 51.3 Å². The van der Waals surface area contributed by atoms with Crippen molar-refractivity contribution in [2.45, 2.75) is 165 Å². The first-order chi connectivity index (χ1) is 37.0. The molecule has 2 aromatic carbocycles. The summed E-state index contributed by atoms with van der Waals surface area (Å²) in [7, 11) is -1.90. The summed E-state index contributed by atoms with van der Waals surface area (Å²) in [5, 5.41) is 24.5. The second-order valence-electron chi connectivity index (χ2n) is 23.0. The minimum Gasteiger partial charge on any atom is -0.492 e. The standard InChI is InChI=1S/C58H80N12O6S/c1-36(59-7)32-61-52(41-17-9-8-10-18-41)57(73)70-34-43(29-48(70)56(72)65-46-21-13-19-40-16-11-12-20-44(40)46)64-55(71)42-22-23-51(60-33-42)69-26-24-39(25-27-69)15-14-28-76-49-31-47-45(30-50(49)77(74,75)58(4,5)6)54(63-35-62-47)66-53-37(2)38(3)67-68-53/h11-12,16,20,22-23,30-31,33,35-36,39,41,43,46,48,52,59,61H,8-10,13-15,17-19,21,24-29,32,34H2,1-7H3,(H,64,71)(H,65,72)(H2,62,63,66,67,68)/t36-,43-,46+,48-,52-/m0/s1. The molecule has 0 radical (unpaired) electrons. The van der Waals surface area contributed by atoms with Gasteiger partial charge < -0.3 is 41.1 Å². The SMILES string of the molecule is CN[C@@H](C)CN[C@H](C(=O)N1C[C@@H](NC(=O)c2ccc(N3CCC(CCCOc4cc5ncnc(Nc6n[nH]c(C)c6C)c5cc4S(=O)(=O)C(C)(C)C)CC3)nc2)C[C@H]1C(=O)N[C@@H]1CCCc2ccccc21)C1CCCCC1. The van der Waals surface area contributed by atoms with Crippen molar-refractivity contribution < 1.29 is 27.5 Å². The van der Waals surface area contributed by atoms with Crippen LogP contribution in [0.25, 0.3) is 10.9 Å². The number of pyridine rings is 1. The minimum absolute atomic E-state index is 0.0659. The summed E-state index contributed by atoms with van der Waals surface area (Å²) < 4.78 is 33.3. The molecular weight excluding hydrogens is 993 g/mol. The number of aromatic amines is 1. The highest BCUT2D eigenvalue weighted by atomic mass is 32.2. The van der Waals surface area contributed by atoms with Crippen LogP contribution in [-0.4, -0.2) is 125 Å². The lowest BCUT2D eigenvalue weighted by Crippen LogP contribution is -2.56. The lowest BCUT2D eigenvalue weighted by Gasteiger charge is -2.36. The topological polar surface area (TPSA) is 229 Å². The quantitative estimate of drug-likeness (QED) is 0.0434. The zero-order valence-corrected chi connectivity index (χ0v) is 46.9. The number of aryl methyl sites for hydroxylation is 2. The third kappa shape index (κ3) is 12.7. The summed E-state index contributed by atoms with van der Waals surface area (Å²) >= 11 is 0. The van der Waals surface area contributed by atoms with Gasteiger partial charge in [-0.25, -0.2) is 23.4 Å². The smallest absolute Gasteiger partial charge is 0.253 e. The molecule has 2 aliphatic carbocycles. The number of piperidine rings is 1. The fraction of sp³-hybridized carbons (Fsp3) is 0.569. The number of hydrogen-bond acceptors (Lipinski definition) is 14. The maximum atomic E-state index is 14.8. The number of nitrogens with one attached hydrogen (secondary N) is 6. The van der Waals surface area contributed by atoms with Crippen LogP contribution in [0.3, 0.4) is 0 Å². The lowest BCUT2D eigenvalue weighted by molar-refractivity contribution is -0.141. The number of rotatable bonds is 19. The van der Waals surface area contributed by atoms with Gasteiger partial charge >= 0.3 is 0 Å². The molecule has 3 aromatic heterocycles. The van der Waals surface area contributed by atoms with Crippen molar-refractivity contribution in [2.24, 2.45) is 11.8 Å². The predicted molar refractivity (Wildman–Crippen MR) is 300 cm³/mol. The van der Waals surface area contributed by atoms with E-state index >= 15 is 0 Å². The number of anilines is 3. The molecule has 9 rings (SSSR count). The van der Waals surface area contributed by atoms with E-state index in [2.05, 4.69) is 70.7 Å². The van der Waals surface area contributed by atoms with Crippen LogP contribution in [0, 0.1) is 25.7 Å². The number of benzene rings is 2. The maximum Gasteiger partial charge on any atom is 0.253 e. The van der Waals surface area contributed by atoms with Crippen molar-refractivity contribution in [3.05, 3.63) is 89.0 Å². The van der Waals surface area contributed by atoms with Crippen LogP contribution in [-0.2, 0) is 25.8 Å². The van der Waals surface area contributed by atoms with E-state index in [0.717, 1.165) is 106 Å². The average Bonchev–Trinajstić information content (AvgIpc) is 4.01. The van der Waals surface area contributed by atoms with Crippen molar-refractivity contribution in [2.75, 3.05) is 50.1 Å². The van der Waals surface area contributed by atoms with Gasteiger partial charge in [-0.3, -0.25) is 19.5 Å². The van der Waals surface area contributed by atoms with Gasteiger partial charge in [0, 0.05) is 67.2 Å². The molecule has 414 valence electrons. The van der Waals surface area contributed by atoms with Crippen molar-refractivity contribution >= 4 is 55.9 Å². The molecule has 2 aliphatic heterocycles. The summed E-state index contributed by atoms with van der Waals surface area (Å²) in [6.45, 7) is 13.8. The number of likely N-dealkylation sites (N-methyl/N-ethyl adjacent to an activating group) is 1. The Morgan fingerprint density at radius 1 is 0.909 bits per heavy atom. The molecule has 5 atom stereocenters. The number of aromatic nitrogens is 5. The van der Waals surface area contributed by atoms with Crippen LogP contribution in [0.15, 0.2) is 66.0 Å². The molecule has 4 aliphatic rings. The third-order valence-corrected chi connectivity index (χ3v) is 19.2. The number of likely N-dealkylation sites (tertiary alicyclic amines) is 1. The van der Waals surface area contributed by atoms with Gasteiger partial charge in [0.05, 0.1) is 34.5 Å². The number of ether oxygens (including phenoxy) is 1. The lowest BCUT2D eigenvalue weighted by atomic mass is 9.83. The second-order valence-corrected chi connectivity index (χ2v) is 25.6. The average molecular weight is 1070 g/mol. The van der Waals surface area contributed by atoms with E-state index in [1.165, 1.54) is 18.3 Å². The zero-order valence-electron chi connectivity index (χ0n) is 46.1. The summed E-state index contributed by atoms with van der Waals surface area (Å²) in [5.74, 6) is 2.24. The Hall–Kier alpha value is -6.18. The first-order valence-corrected chi connectivity index (χ1v) is 29.5. The largest absolute Gasteiger partial charge is 0.492 e. The van der Waals surface area contributed by atoms with E-state index in [0.29, 0.717) is 53.6 Å². The monoisotopic (exact) mass is 1070 g/mol. The van der Waals surface area contributed by atoms with Crippen LogP contribution >= 0.6 is 0 Å². The van der Waals surface area contributed by atoms with Crippen LogP contribution in [0.1, 0.15) is 144 Å². The molecule has 3 amide bonds. The molecule has 5 aromatic rings. The highest BCUT2D eigenvalue weighted by molar-refractivity contribution is 7.92. The van der Waals surface area contributed by atoms with Crippen molar-refractivity contribution in [1.29, 1.82) is 0 Å². The molecule has 0 bridgehead atoms. The molecule has 19 heteroatoms. The number of nitrogens with zero attached hydrogens (tertiary/aromatic N) is 6. The summed E-state index contributed by atoms with van der Waals surface area (Å²) in [6.07, 6.45) is 15.0. The van der Waals surface area contributed by atoms with E-state index in [4.69, 9.17) is 9.72 Å². The van der Waals surface area contributed by atoms with Gasteiger partial charge in [0.15, 0.2) is 15.7 Å². The van der Waals surface area contributed by atoms with Crippen LogP contribution in [0.4, 0.5) is 17.5 Å². The number of fused-ring (bicyclic) bond motifs is 2. The summed E-state index contributed by atoms with van der Waals surface area (Å²) in [4.78, 5) is 61.0. The van der Waals surface area contributed by atoms with Crippen molar-refractivity contribution in [3.8, 4) is 5.75 Å². The first-order valence-electron chi connectivity index (χ1n) is 28.0. The highest BCUT2D eigenvalue weighted by Gasteiger charge is 2.45.